The molecular formula is C37H40O5S2. The van der Waals surface area contributed by atoms with Crippen LogP contribution in [0.4, 0.5) is 0 Å². The summed E-state index contributed by atoms with van der Waals surface area (Å²) in [5.41, 5.74) is 4.12. The van der Waals surface area contributed by atoms with Crippen LogP contribution in [0, 0.1) is 0 Å². The Morgan fingerprint density at radius 2 is 0.932 bits per heavy atom. The molecule has 230 valence electrons. The number of thioether (sulfide) groups is 2. The zero-order valence-electron chi connectivity index (χ0n) is 24.8. The highest BCUT2D eigenvalue weighted by Gasteiger charge is 2.43. The largest absolute Gasteiger partial charge is 0.369 e. The minimum Gasteiger partial charge on any atom is -0.369 e. The first-order chi connectivity index (χ1) is 21.8. The third-order valence-electron chi connectivity index (χ3n) is 7.37. The van der Waals surface area contributed by atoms with E-state index in [-0.39, 0.29) is 17.3 Å². The molecule has 5 rings (SSSR count). The van der Waals surface area contributed by atoms with Crippen molar-refractivity contribution in [3.05, 3.63) is 144 Å². The van der Waals surface area contributed by atoms with Gasteiger partial charge in [0.1, 0.15) is 24.4 Å². The molecule has 0 unspecified atom stereocenters. The molecule has 5 nitrogen and oxygen atoms in total. The van der Waals surface area contributed by atoms with Gasteiger partial charge in [-0.1, -0.05) is 121 Å². The SMILES string of the molecule is O=C[C@@H](OCc1ccccc1)[C@H](OCc1ccccc1)[C@@H](OCc1ccccc1)[C@@H](OCc1ccccc1)C1SCCCS1. The van der Waals surface area contributed by atoms with Gasteiger partial charge in [-0.05, 0) is 40.2 Å². The maximum atomic E-state index is 12.8. The molecule has 0 saturated carbocycles. The predicted molar refractivity (Wildman–Crippen MR) is 179 cm³/mol. The number of benzene rings is 4. The van der Waals surface area contributed by atoms with Crippen molar-refractivity contribution >= 4 is 29.8 Å². The van der Waals surface area contributed by atoms with Crippen LogP contribution in [0.2, 0.25) is 0 Å². The zero-order chi connectivity index (χ0) is 30.2. The van der Waals surface area contributed by atoms with Gasteiger partial charge in [0, 0.05) is 0 Å². The van der Waals surface area contributed by atoms with E-state index in [4.69, 9.17) is 18.9 Å². The van der Waals surface area contributed by atoms with Crippen LogP contribution in [0.15, 0.2) is 121 Å². The Hall–Kier alpha value is -2.91. The summed E-state index contributed by atoms with van der Waals surface area (Å²) in [5.74, 6) is 2.09. The molecule has 1 heterocycles. The van der Waals surface area contributed by atoms with Crippen LogP contribution in [-0.4, -0.2) is 46.8 Å². The number of carbonyl (C=O) groups excluding carboxylic acids is 1. The summed E-state index contributed by atoms with van der Waals surface area (Å²) in [4.78, 5) is 12.8. The Morgan fingerprint density at radius 3 is 1.36 bits per heavy atom. The molecule has 7 heteroatoms. The molecule has 4 atom stereocenters. The van der Waals surface area contributed by atoms with Crippen molar-refractivity contribution in [1.82, 2.24) is 0 Å². The van der Waals surface area contributed by atoms with Crippen molar-refractivity contribution in [2.24, 2.45) is 0 Å². The van der Waals surface area contributed by atoms with Crippen LogP contribution in [-0.2, 0) is 50.2 Å². The van der Waals surface area contributed by atoms with Gasteiger partial charge in [-0.15, -0.1) is 23.5 Å². The quantitative estimate of drug-likeness (QED) is 0.111. The molecule has 1 aliphatic rings. The molecule has 0 radical (unpaired) electrons. The summed E-state index contributed by atoms with van der Waals surface area (Å²) in [5, 5.41) is 0. The van der Waals surface area contributed by atoms with E-state index in [1.807, 2.05) is 133 Å². The van der Waals surface area contributed by atoms with E-state index in [2.05, 4.69) is 12.1 Å². The average Bonchev–Trinajstić information content (AvgIpc) is 3.10. The molecular weight excluding hydrogens is 589 g/mol. The lowest BCUT2D eigenvalue weighted by Crippen LogP contribution is -2.53. The van der Waals surface area contributed by atoms with E-state index in [1.54, 1.807) is 0 Å². The maximum Gasteiger partial charge on any atom is 0.151 e. The number of ether oxygens (including phenoxy) is 4. The maximum absolute atomic E-state index is 12.8. The van der Waals surface area contributed by atoms with E-state index < -0.39 is 18.3 Å². The van der Waals surface area contributed by atoms with E-state index in [9.17, 15) is 4.79 Å². The molecule has 0 spiro atoms. The van der Waals surface area contributed by atoms with Gasteiger partial charge in [-0.3, -0.25) is 0 Å². The van der Waals surface area contributed by atoms with Crippen LogP contribution >= 0.6 is 23.5 Å². The van der Waals surface area contributed by atoms with Gasteiger partial charge in [0.2, 0.25) is 0 Å². The number of rotatable bonds is 17. The summed E-state index contributed by atoms with van der Waals surface area (Å²) in [7, 11) is 0. The fraction of sp³-hybridized carbons (Fsp3) is 0.324. The smallest absolute Gasteiger partial charge is 0.151 e. The van der Waals surface area contributed by atoms with Gasteiger partial charge in [-0.25, -0.2) is 0 Å². The van der Waals surface area contributed by atoms with E-state index in [0.717, 1.165) is 46.5 Å². The summed E-state index contributed by atoms with van der Waals surface area (Å²) < 4.78 is 26.7. The molecule has 1 saturated heterocycles. The molecule has 0 bridgehead atoms. The molecule has 44 heavy (non-hydrogen) atoms. The van der Waals surface area contributed by atoms with Crippen LogP contribution in [0.3, 0.4) is 0 Å². The first kappa shape index (κ1) is 32.5. The Balaban J connectivity index is 1.47. The normalized spacial score (nSPS) is 16.5. The van der Waals surface area contributed by atoms with Crippen molar-refractivity contribution in [1.29, 1.82) is 0 Å². The zero-order valence-corrected chi connectivity index (χ0v) is 26.5. The molecule has 4 aromatic carbocycles. The second-order valence-corrected chi connectivity index (χ2v) is 13.4. The third-order valence-corrected chi connectivity index (χ3v) is 10.4. The fourth-order valence-corrected chi connectivity index (χ4v) is 8.13. The van der Waals surface area contributed by atoms with Gasteiger partial charge in [-0.2, -0.15) is 0 Å². The highest BCUT2D eigenvalue weighted by Crippen LogP contribution is 2.38. The predicted octanol–water partition coefficient (Wildman–Crippen LogP) is 7.72. The average molecular weight is 629 g/mol. The van der Waals surface area contributed by atoms with E-state index in [0.29, 0.717) is 19.8 Å². The Kier molecular flexibility index (Phi) is 13.4. The number of aldehydes is 1. The topological polar surface area (TPSA) is 54.0 Å². The molecule has 1 aliphatic heterocycles. The molecule has 0 aliphatic carbocycles. The minimum atomic E-state index is -0.874. The van der Waals surface area contributed by atoms with E-state index in [1.165, 1.54) is 0 Å². The van der Waals surface area contributed by atoms with Crippen LogP contribution in [0.5, 0.6) is 0 Å². The number of hydrogen-bond donors (Lipinski definition) is 0. The molecule has 0 amide bonds. The first-order valence-corrected chi connectivity index (χ1v) is 17.2. The molecule has 1 fully saturated rings. The lowest BCUT2D eigenvalue weighted by atomic mass is 10.0. The van der Waals surface area contributed by atoms with Gasteiger partial charge in [0.15, 0.2) is 6.29 Å². The lowest BCUT2D eigenvalue weighted by Gasteiger charge is -2.40. The highest BCUT2D eigenvalue weighted by molar-refractivity contribution is 8.17. The summed E-state index contributed by atoms with van der Waals surface area (Å²) in [6, 6.07) is 40.2. The number of carbonyl (C=O) groups is 1. The minimum absolute atomic E-state index is 0.109. The van der Waals surface area contributed by atoms with Crippen molar-refractivity contribution < 1.29 is 23.7 Å². The standard InChI is InChI=1S/C37H40O5S2/c38-24-33(39-25-29-14-5-1-6-15-29)34(40-26-30-16-7-2-8-17-30)35(41-27-31-18-9-3-10-19-31)36(37-43-22-13-23-44-37)42-28-32-20-11-4-12-21-32/h1-12,14-21,24,33-37H,13,22-23,25-28H2/t33-,34+,35-,36-/m1/s1. The second kappa shape index (κ2) is 18.2. The molecule has 4 aromatic rings. The highest BCUT2D eigenvalue weighted by atomic mass is 32.2. The van der Waals surface area contributed by atoms with Gasteiger partial charge in [0.25, 0.3) is 0 Å². The second-order valence-electron chi connectivity index (χ2n) is 10.6. The summed E-state index contributed by atoms with van der Waals surface area (Å²) >= 11 is 3.78. The molecule has 0 aromatic heterocycles. The Bertz CT molecular complexity index is 1340. The van der Waals surface area contributed by atoms with Gasteiger partial charge in [0.05, 0.1) is 31.0 Å². The lowest BCUT2D eigenvalue weighted by molar-refractivity contribution is -0.185. The van der Waals surface area contributed by atoms with Crippen LogP contribution in [0.25, 0.3) is 0 Å². The monoisotopic (exact) mass is 628 g/mol. The van der Waals surface area contributed by atoms with E-state index >= 15 is 0 Å². The Morgan fingerprint density at radius 1 is 0.545 bits per heavy atom. The van der Waals surface area contributed by atoms with Crippen molar-refractivity contribution in [2.45, 2.75) is 61.8 Å². The third kappa shape index (κ3) is 10.1. The number of hydrogen-bond acceptors (Lipinski definition) is 7. The van der Waals surface area contributed by atoms with Crippen LogP contribution in [0.1, 0.15) is 28.7 Å². The van der Waals surface area contributed by atoms with Crippen molar-refractivity contribution in [3.8, 4) is 0 Å². The van der Waals surface area contributed by atoms with Crippen molar-refractivity contribution in [3.63, 3.8) is 0 Å². The summed E-state index contributed by atoms with van der Waals surface area (Å²) in [6.07, 6.45) is -0.537. The first-order valence-electron chi connectivity index (χ1n) is 15.1. The fourth-order valence-electron chi connectivity index (χ4n) is 5.06. The van der Waals surface area contributed by atoms with Crippen LogP contribution < -0.4 is 0 Å². The van der Waals surface area contributed by atoms with Gasteiger partial charge < -0.3 is 23.7 Å². The van der Waals surface area contributed by atoms with Gasteiger partial charge >= 0.3 is 0 Å². The Labute approximate surface area is 269 Å². The summed E-state index contributed by atoms with van der Waals surface area (Å²) in [6.45, 7) is 1.37. The van der Waals surface area contributed by atoms with Crippen molar-refractivity contribution in [2.75, 3.05) is 11.5 Å². The molecule has 0 N–H and O–H groups in total.